The second-order valence-electron chi connectivity index (χ2n) is 6.81. The van der Waals surface area contributed by atoms with Crippen LogP contribution in [0.2, 0.25) is 5.02 Å². The number of furan rings is 1. The number of benzene rings is 2. The van der Waals surface area contributed by atoms with E-state index in [0.717, 1.165) is 27.8 Å². The Labute approximate surface area is 186 Å². The highest BCUT2D eigenvalue weighted by atomic mass is 35.5. The molecule has 3 heterocycles. The molecule has 0 amide bonds. The number of fused-ring (bicyclic) bond motifs is 1. The molecule has 0 N–H and O–H groups in total. The number of para-hydroxylation sites is 2. The molecule has 0 saturated heterocycles. The molecule has 0 saturated carbocycles. The molecule has 5 aromatic rings. The molecule has 2 aromatic carbocycles. The standard InChI is InChI=1S/C22H17ClN4O3S/c23-16-9-7-15(8-10-16)20-24-25-21(27(20)14-17-4-3-12-29-17)31-13-11-26-18-5-1-2-6-19(18)30-22(26)28/h1-10,12H,11,13-14H2. The van der Waals surface area contributed by atoms with Crippen LogP contribution in [0.4, 0.5) is 0 Å². The fourth-order valence-electron chi connectivity index (χ4n) is 3.36. The van der Waals surface area contributed by atoms with Crippen molar-refractivity contribution in [1.82, 2.24) is 19.3 Å². The third-order valence-electron chi connectivity index (χ3n) is 4.83. The number of oxazole rings is 1. The lowest BCUT2D eigenvalue weighted by molar-refractivity contribution is 0.485. The number of thioether (sulfide) groups is 1. The summed E-state index contributed by atoms with van der Waals surface area (Å²) in [5, 5.41) is 10.2. The van der Waals surface area contributed by atoms with Gasteiger partial charge >= 0.3 is 5.76 Å². The Bertz CT molecular complexity index is 1370. The average molecular weight is 453 g/mol. The van der Waals surface area contributed by atoms with Crippen molar-refractivity contribution in [2.24, 2.45) is 0 Å². The molecule has 3 aromatic heterocycles. The Hall–Kier alpha value is -3.23. The van der Waals surface area contributed by atoms with Crippen molar-refractivity contribution in [3.63, 3.8) is 0 Å². The van der Waals surface area contributed by atoms with Crippen LogP contribution in [0.1, 0.15) is 5.76 Å². The largest absolute Gasteiger partial charge is 0.467 e. The van der Waals surface area contributed by atoms with E-state index >= 15 is 0 Å². The summed E-state index contributed by atoms with van der Waals surface area (Å²) in [6.07, 6.45) is 1.64. The minimum Gasteiger partial charge on any atom is -0.467 e. The number of hydrogen-bond acceptors (Lipinski definition) is 6. The van der Waals surface area contributed by atoms with E-state index in [1.54, 1.807) is 16.9 Å². The maximum absolute atomic E-state index is 12.2. The van der Waals surface area contributed by atoms with Crippen molar-refractivity contribution in [2.45, 2.75) is 18.2 Å². The molecule has 0 aliphatic heterocycles. The molecule has 0 unspecified atom stereocenters. The van der Waals surface area contributed by atoms with Gasteiger partial charge in [-0.05, 0) is 48.5 Å². The van der Waals surface area contributed by atoms with Crippen LogP contribution >= 0.6 is 23.4 Å². The highest BCUT2D eigenvalue weighted by molar-refractivity contribution is 7.99. The van der Waals surface area contributed by atoms with Crippen LogP contribution in [-0.4, -0.2) is 25.1 Å². The zero-order valence-corrected chi connectivity index (χ0v) is 17.8. The maximum atomic E-state index is 12.2. The molecule has 0 fully saturated rings. The summed E-state index contributed by atoms with van der Waals surface area (Å²) in [6, 6.07) is 18.6. The van der Waals surface area contributed by atoms with Gasteiger partial charge in [-0.1, -0.05) is 35.5 Å². The lowest BCUT2D eigenvalue weighted by Gasteiger charge is -2.09. The van der Waals surface area contributed by atoms with E-state index in [1.807, 2.05) is 59.2 Å². The summed E-state index contributed by atoms with van der Waals surface area (Å²) in [5.41, 5.74) is 2.28. The van der Waals surface area contributed by atoms with Gasteiger partial charge in [0.25, 0.3) is 0 Å². The van der Waals surface area contributed by atoms with E-state index in [-0.39, 0.29) is 5.76 Å². The van der Waals surface area contributed by atoms with E-state index in [4.69, 9.17) is 20.4 Å². The monoisotopic (exact) mass is 452 g/mol. The molecule has 0 atom stereocenters. The van der Waals surface area contributed by atoms with Crippen molar-refractivity contribution in [2.75, 3.05) is 5.75 Å². The fourth-order valence-corrected chi connectivity index (χ4v) is 4.35. The summed E-state index contributed by atoms with van der Waals surface area (Å²) in [7, 11) is 0. The van der Waals surface area contributed by atoms with Crippen molar-refractivity contribution in [3.05, 3.63) is 88.3 Å². The Kier molecular flexibility index (Phi) is 5.40. The van der Waals surface area contributed by atoms with E-state index < -0.39 is 0 Å². The van der Waals surface area contributed by atoms with Gasteiger partial charge in [0.1, 0.15) is 5.76 Å². The maximum Gasteiger partial charge on any atom is 0.419 e. The molecule has 0 aliphatic rings. The van der Waals surface area contributed by atoms with Gasteiger partial charge in [0.05, 0.1) is 18.3 Å². The molecule has 0 bridgehead atoms. The third kappa shape index (κ3) is 4.04. The molecular formula is C22H17ClN4O3S. The van der Waals surface area contributed by atoms with Crippen molar-refractivity contribution in [3.8, 4) is 11.4 Å². The molecule has 0 radical (unpaired) electrons. The van der Waals surface area contributed by atoms with E-state index in [0.29, 0.717) is 29.4 Å². The number of rotatable bonds is 7. The molecule has 5 rings (SSSR count). The van der Waals surface area contributed by atoms with E-state index in [9.17, 15) is 4.79 Å². The number of hydrogen-bond donors (Lipinski definition) is 0. The molecule has 156 valence electrons. The first-order chi connectivity index (χ1) is 15.2. The van der Waals surface area contributed by atoms with Gasteiger partial charge < -0.3 is 8.83 Å². The summed E-state index contributed by atoms with van der Waals surface area (Å²) >= 11 is 7.56. The number of aryl methyl sites for hydroxylation is 1. The Balaban J connectivity index is 1.41. The summed E-state index contributed by atoms with van der Waals surface area (Å²) in [6.45, 7) is 0.985. The van der Waals surface area contributed by atoms with E-state index in [2.05, 4.69) is 10.2 Å². The highest BCUT2D eigenvalue weighted by Gasteiger charge is 2.16. The zero-order chi connectivity index (χ0) is 21.2. The van der Waals surface area contributed by atoms with Gasteiger partial charge in [-0.15, -0.1) is 10.2 Å². The summed E-state index contributed by atoms with van der Waals surface area (Å²) in [5.74, 6) is 1.79. The Morgan fingerprint density at radius 3 is 2.61 bits per heavy atom. The highest BCUT2D eigenvalue weighted by Crippen LogP contribution is 2.26. The molecule has 0 aliphatic carbocycles. The van der Waals surface area contributed by atoms with Gasteiger partial charge in [-0.3, -0.25) is 9.13 Å². The third-order valence-corrected chi connectivity index (χ3v) is 6.03. The molecule has 9 heteroatoms. The summed E-state index contributed by atoms with van der Waals surface area (Å²) in [4.78, 5) is 12.2. The zero-order valence-electron chi connectivity index (χ0n) is 16.3. The molecule has 0 spiro atoms. The van der Waals surface area contributed by atoms with Crippen molar-refractivity contribution < 1.29 is 8.83 Å². The van der Waals surface area contributed by atoms with Crippen LogP contribution in [0.5, 0.6) is 0 Å². The number of halogens is 1. The summed E-state index contributed by atoms with van der Waals surface area (Å²) < 4.78 is 14.5. The Morgan fingerprint density at radius 2 is 1.81 bits per heavy atom. The van der Waals surface area contributed by atoms with Crippen LogP contribution in [0.15, 0.2) is 85.7 Å². The second-order valence-corrected chi connectivity index (χ2v) is 8.31. The van der Waals surface area contributed by atoms with Gasteiger partial charge in [-0.25, -0.2) is 4.79 Å². The topological polar surface area (TPSA) is 79.0 Å². The minimum atomic E-state index is -0.360. The number of nitrogens with zero attached hydrogens (tertiary/aromatic N) is 4. The lowest BCUT2D eigenvalue weighted by atomic mass is 10.2. The molecule has 31 heavy (non-hydrogen) atoms. The van der Waals surface area contributed by atoms with Crippen LogP contribution in [0, 0.1) is 0 Å². The SMILES string of the molecule is O=c1oc2ccccc2n1CCSc1nnc(-c2ccc(Cl)cc2)n1Cc1ccco1. The quantitative estimate of drug-likeness (QED) is 0.325. The van der Waals surface area contributed by atoms with Gasteiger partial charge in [0.15, 0.2) is 16.6 Å². The van der Waals surface area contributed by atoms with Crippen molar-refractivity contribution >= 4 is 34.5 Å². The van der Waals surface area contributed by atoms with Crippen LogP contribution in [-0.2, 0) is 13.1 Å². The van der Waals surface area contributed by atoms with Gasteiger partial charge in [-0.2, -0.15) is 0 Å². The van der Waals surface area contributed by atoms with Gasteiger partial charge in [0, 0.05) is 22.9 Å². The molecule has 7 nitrogen and oxygen atoms in total. The second kappa shape index (κ2) is 8.49. The predicted octanol–water partition coefficient (Wildman–Crippen LogP) is 4.94. The van der Waals surface area contributed by atoms with Crippen LogP contribution in [0.3, 0.4) is 0 Å². The fraction of sp³-hybridized carbons (Fsp3) is 0.136. The van der Waals surface area contributed by atoms with Crippen LogP contribution in [0.25, 0.3) is 22.5 Å². The first-order valence-electron chi connectivity index (χ1n) is 9.62. The first-order valence-corrected chi connectivity index (χ1v) is 11.0. The normalized spacial score (nSPS) is 11.4. The molecular weight excluding hydrogens is 436 g/mol. The lowest BCUT2D eigenvalue weighted by Crippen LogP contribution is -2.15. The number of aromatic nitrogens is 4. The van der Waals surface area contributed by atoms with Crippen molar-refractivity contribution in [1.29, 1.82) is 0 Å². The Morgan fingerprint density at radius 1 is 0.968 bits per heavy atom. The van der Waals surface area contributed by atoms with Crippen LogP contribution < -0.4 is 5.76 Å². The predicted molar refractivity (Wildman–Crippen MR) is 119 cm³/mol. The van der Waals surface area contributed by atoms with Gasteiger partial charge in [0.2, 0.25) is 0 Å². The first kappa shape index (κ1) is 19.7. The smallest absolute Gasteiger partial charge is 0.419 e. The average Bonchev–Trinajstić information content (AvgIpc) is 3.50. The van der Waals surface area contributed by atoms with E-state index in [1.165, 1.54) is 11.8 Å². The minimum absolute atomic E-state index is 0.360.